The van der Waals surface area contributed by atoms with Gasteiger partial charge in [-0.15, -0.1) is 0 Å². The van der Waals surface area contributed by atoms with Gasteiger partial charge in [0.15, 0.2) is 0 Å². The highest BCUT2D eigenvalue weighted by atomic mass is 14.9. The van der Waals surface area contributed by atoms with Gasteiger partial charge in [0.1, 0.15) is 0 Å². The second kappa shape index (κ2) is 3.64. The number of hydrogen-bond donors (Lipinski definition) is 1. The lowest BCUT2D eigenvalue weighted by atomic mass is 9.78. The van der Waals surface area contributed by atoms with Gasteiger partial charge < -0.3 is 5.32 Å². The molecular weight excluding hydrogens is 182 g/mol. The Morgan fingerprint density at radius 1 is 0.933 bits per heavy atom. The van der Waals surface area contributed by atoms with Crippen LogP contribution in [0.15, 0.2) is 24.3 Å². The van der Waals surface area contributed by atoms with E-state index in [0.717, 1.165) is 0 Å². The van der Waals surface area contributed by atoms with Crippen LogP contribution in [0.3, 0.4) is 0 Å². The van der Waals surface area contributed by atoms with Crippen LogP contribution in [0, 0.1) is 5.41 Å². The molecule has 1 saturated heterocycles. The van der Waals surface area contributed by atoms with E-state index < -0.39 is 0 Å². The van der Waals surface area contributed by atoms with Crippen LogP contribution in [0.2, 0.25) is 0 Å². The fourth-order valence-electron chi connectivity index (χ4n) is 3.32. The monoisotopic (exact) mass is 201 g/mol. The summed E-state index contributed by atoms with van der Waals surface area (Å²) in [5.74, 6) is 0. The zero-order valence-electron chi connectivity index (χ0n) is 9.26. The Morgan fingerprint density at radius 3 is 2.40 bits per heavy atom. The fraction of sp³-hybridized carbons (Fsp3) is 0.571. The second-order valence-electron chi connectivity index (χ2n) is 5.23. The molecular formula is C14H19N. The number of fused-ring (bicyclic) bond motifs is 1. The summed E-state index contributed by atoms with van der Waals surface area (Å²) in [4.78, 5) is 0. The maximum Gasteiger partial charge on any atom is -0.00434 e. The molecule has 1 aromatic rings. The third-order valence-electron chi connectivity index (χ3n) is 4.14. The van der Waals surface area contributed by atoms with Gasteiger partial charge in [-0.1, -0.05) is 24.3 Å². The molecule has 0 bridgehead atoms. The molecule has 1 heteroatoms. The highest BCUT2D eigenvalue weighted by Crippen LogP contribution is 2.43. The highest BCUT2D eigenvalue weighted by Gasteiger charge is 2.36. The Morgan fingerprint density at radius 2 is 1.67 bits per heavy atom. The van der Waals surface area contributed by atoms with Crippen molar-refractivity contribution in [3.8, 4) is 0 Å². The van der Waals surface area contributed by atoms with Crippen molar-refractivity contribution in [2.24, 2.45) is 5.41 Å². The van der Waals surface area contributed by atoms with Gasteiger partial charge in [0.2, 0.25) is 0 Å². The Hall–Kier alpha value is -0.820. The lowest BCUT2D eigenvalue weighted by Crippen LogP contribution is -2.23. The minimum Gasteiger partial charge on any atom is -0.317 e. The SMILES string of the molecule is c1ccc2c(c1)CC1(CCCNCC1)C2. The molecule has 2 aliphatic rings. The summed E-state index contributed by atoms with van der Waals surface area (Å²) >= 11 is 0. The number of nitrogens with one attached hydrogen (secondary N) is 1. The molecule has 3 rings (SSSR count). The molecule has 80 valence electrons. The molecule has 1 N–H and O–H groups in total. The minimum absolute atomic E-state index is 0.604. The van der Waals surface area contributed by atoms with Gasteiger partial charge in [0.05, 0.1) is 0 Å². The molecule has 1 heterocycles. The van der Waals surface area contributed by atoms with E-state index in [2.05, 4.69) is 29.6 Å². The third-order valence-corrected chi connectivity index (χ3v) is 4.14. The zero-order chi connectivity index (χ0) is 10.1. The van der Waals surface area contributed by atoms with Crippen LogP contribution in [-0.4, -0.2) is 13.1 Å². The van der Waals surface area contributed by atoms with E-state index in [1.165, 1.54) is 45.2 Å². The maximum atomic E-state index is 3.53. The first-order valence-electron chi connectivity index (χ1n) is 6.16. The topological polar surface area (TPSA) is 12.0 Å². The smallest absolute Gasteiger partial charge is 0.00434 e. The molecule has 1 aromatic carbocycles. The Bertz CT molecular complexity index is 321. The van der Waals surface area contributed by atoms with Gasteiger partial charge in [-0.05, 0) is 61.7 Å². The molecule has 0 amide bonds. The predicted molar refractivity (Wildman–Crippen MR) is 63.0 cm³/mol. The summed E-state index contributed by atoms with van der Waals surface area (Å²) in [6.45, 7) is 2.44. The van der Waals surface area contributed by atoms with E-state index in [1.807, 2.05) is 0 Å². The Labute approximate surface area is 91.9 Å². The van der Waals surface area contributed by atoms with Crippen LogP contribution >= 0.6 is 0 Å². The van der Waals surface area contributed by atoms with Gasteiger partial charge in [-0.2, -0.15) is 0 Å². The quantitative estimate of drug-likeness (QED) is 0.680. The van der Waals surface area contributed by atoms with Crippen molar-refractivity contribution in [2.75, 3.05) is 13.1 Å². The summed E-state index contributed by atoms with van der Waals surface area (Å²) in [5.41, 5.74) is 3.83. The zero-order valence-corrected chi connectivity index (χ0v) is 9.26. The third kappa shape index (κ3) is 1.69. The van der Waals surface area contributed by atoms with Gasteiger partial charge in [-0.25, -0.2) is 0 Å². The van der Waals surface area contributed by atoms with Crippen molar-refractivity contribution in [1.29, 1.82) is 0 Å². The van der Waals surface area contributed by atoms with E-state index in [1.54, 1.807) is 11.1 Å². The summed E-state index contributed by atoms with van der Waals surface area (Å²) in [6, 6.07) is 9.02. The number of benzene rings is 1. The largest absolute Gasteiger partial charge is 0.317 e. The first-order valence-corrected chi connectivity index (χ1v) is 6.16. The molecule has 1 aliphatic heterocycles. The molecule has 15 heavy (non-hydrogen) atoms. The molecule has 1 spiro atoms. The first-order chi connectivity index (χ1) is 7.38. The molecule has 0 aromatic heterocycles. The van der Waals surface area contributed by atoms with Gasteiger partial charge in [0, 0.05) is 0 Å². The van der Waals surface area contributed by atoms with Crippen molar-refractivity contribution >= 4 is 0 Å². The van der Waals surface area contributed by atoms with Crippen LogP contribution < -0.4 is 5.32 Å². The van der Waals surface area contributed by atoms with Gasteiger partial charge in [0.25, 0.3) is 0 Å². The van der Waals surface area contributed by atoms with Gasteiger partial charge in [-0.3, -0.25) is 0 Å². The lowest BCUT2D eigenvalue weighted by molar-refractivity contribution is 0.268. The molecule has 0 radical (unpaired) electrons. The van der Waals surface area contributed by atoms with Crippen LogP contribution in [0.1, 0.15) is 30.4 Å². The van der Waals surface area contributed by atoms with Crippen LogP contribution in [0.25, 0.3) is 0 Å². The van der Waals surface area contributed by atoms with Crippen LogP contribution in [-0.2, 0) is 12.8 Å². The molecule has 0 unspecified atom stereocenters. The number of hydrogen-bond acceptors (Lipinski definition) is 1. The Kier molecular flexibility index (Phi) is 2.28. The van der Waals surface area contributed by atoms with E-state index in [9.17, 15) is 0 Å². The van der Waals surface area contributed by atoms with Crippen molar-refractivity contribution < 1.29 is 0 Å². The van der Waals surface area contributed by atoms with E-state index >= 15 is 0 Å². The van der Waals surface area contributed by atoms with E-state index in [-0.39, 0.29) is 0 Å². The second-order valence-corrected chi connectivity index (χ2v) is 5.23. The summed E-state index contributed by atoms with van der Waals surface area (Å²) in [5, 5.41) is 3.53. The standard InChI is InChI=1S/C14H19N/c1-2-5-13-11-14(10-12(13)4-1)6-3-8-15-9-7-14/h1-2,4-5,15H,3,6-11H2. The number of rotatable bonds is 0. The van der Waals surface area contributed by atoms with E-state index in [4.69, 9.17) is 0 Å². The molecule has 1 fully saturated rings. The first kappa shape index (κ1) is 9.41. The maximum absolute atomic E-state index is 3.53. The van der Waals surface area contributed by atoms with Crippen LogP contribution in [0.5, 0.6) is 0 Å². The summed E-state index contributed by atoms with van der Waals surface area (Å²) in [6.07, 6.45) is 6.78. The Balaban J connectivity index is 1.86. The predicted octanol–water partition coefficient (Wildman–Crippen LogP) is 2.55. The van der Waals surface area contributed by atoms with E-state index in [0.29, 0.717) is 5.41 Å². The highest BCUT2D eigenvalue weighted by molar-refractivity contribution is 5.34. The normalized spacial score (nSPS) is 23.7. The van der Waals surface area contributed by atoms with Crippen molar-refractivity contribution in [2.45, 2.75) is 32.1 Å². The average molecular weight is 201 g/mol. The van der Waals surface area contributed by atoms with Crippen LogP contribution in [0.4, 0.5) is 0 Å². The summed E-state index contributed by atoms with van der Waals surface area (Å²) < 4.78 is 0. The van der Waals surface area contributed by atoms with Crippen molar-refractivity contribution in [1.82, 2.24) is 5.32 Å². The summed E-state index contributed by atoms with van der Waals surface area (Å²) in [7, 11) is 0. The van der Waals surface area contributed by atoms with Crippen molar-refractivity contribution in [3.05, 3.63) is 35.4 Å². The minimum atomic E-state index is 0.604. The molecule has 0 saturated carbocycles. The van der Waals surface area contributed by atoms with Gasteiger partial charge >= 0.3 is 0 Å². The molecule has 1 aliphatic carbocycles. The average Bonchev–Trinajstić information content (AvgIpc) is 2.45. The molecule has 0 atom stereocenters. The molecule has 1 nitrogen and oxygen atoms in total. The lowest BCUT2D eigenvalue weighted by Gasteiger charge is -2.26. The van der Waals surface area contributed by atoms with Crippen molar-refractivity contribution in [3.63, 3.8) is 0 Å². The fourth-order valence-corrected chi connectivity index (χ4v) is 3.32.